The first kappa shape index (κ1) is 17.0. The number of hydrogen-bond acceptors (Lipinski definition) is 4. The number of allylic oxidation sites excluding steroid dienone is 1. The summed E-state index contributed by atoms with van der Waals surface area (Å²) < 4.78 is 2.17. The second kappa shape index (κ2) is 7.15. The first-order valence-electron chi connectivity index (χ1n) is 9.96. The fourth-order valence-electron chi connectivity index (χ4n) is 4.33. The summed E-state index contributed by atoms with van der Waals surface area (Å²) in [6.07, 6.45) is 11.2. The summed E-state index contributed by atoms with van der Waals surface area (Å²) in [4.78, 5) is 14.0. The minimum absolute atomic E-state index is 0.103. The van der Waals surface area contributed by atoms with E-state index in [2.05, 4.69) is 81.3 Å². The van der Waals surface area contributed by atoms with Crippen LogP contribution in [0, 0.1) is 0 Å². The Morgan fingerprint density at radius 2 is 1.71 bits per heavy atom. The number of rotatable bonds is 3. The van der Waals surface area contributed by atoms with Gasteiger partial charge in [-0.25, -0.2) is 0 Å². The Kier molecular flexibility index (Phi) is 4.35. The van der Waals surface area contributed by atoms with Crippen LogP contribution in [-0.4, -0.2) is 46.8 Å². The van der Waals surface area contributed by atoms with Gasteiger partial charge in [-0.3, -0.25) is 9.98 Å². The van der Waals surface area contributed by atoms with Crippen LogP contribution < -0.4 is 4.90 Å². The number of benzene rings is 1. The number of pyridine rings is 1. The predicted octanol–water partition coefficient (Wildman–Crippen LogP) is 3.80. The van der Waals surface area contributed by atoms with Crippen molar-refractivity contribution in [3.63, 3.8) is 0 Å². The lowest BCUT2D eigenvalue weighted by atomic mass is 9.98. The molecule has 2 aromatic heterocycles. The van der Waals surface area contributed by atoms with E-state index < -0.39 is 0 Å². The number of aromatic nitrogens is 2. The van der Waals surface area contributed by atoms with Gasteiger partial charge in [-0.05, 0) is 41.3 Å². The number of aryl methyl sites for hydroxylation is 1. The molecule has 1 saturated heterocycles. The molecule has 0 bridgehead atoms. The van der Waals surface area contributed by atoms with Gasteiger partial charge in [0.25, 0.3) is 0 Å². The highest BCUT2D eigenvalue weighted by molar-refractivity contribution is 5.81. The highest BCUT2D eigenvalue weighted by Gasteiger charge is 2.26. The molecule has 0 aliphatic carbocycles. The summed E-state index contributed by atoms with van der Waals surface area (Å²) in [5.74, 6) is 0. The van der Waals surface area contributed by atoms with Gasteiger partial charge in [-0.1, -0.05) is 12.1 Å². The lowest BCUT2D eigenvalue weighted by molar-refractivity contribution is 0.301. The van der Waals surface area contributed by atoms with Gasteiger partial charge in [-0.2, -0.15) is 0 Å². The quantitative estimate of drug-likeness (QED) is 0.703. The molecule has 28 heavy (non-hydrogen) atoms. The van der Waals surface area contributed by atoms with E-state index >= 15 is 0 Å². The van der Waals surface area contributed by atoms with Gasteiger partial charge in [-0.15, -0.1) is 0 Å². The topological polar surface area (TPSA) is 36.7 Å². The molecule has 142 valence electrons. The first-order valence-corrected chi connectivity index (χ1v) is 9.96. The SMILES string of the molecule is Cn1ccc2cc(C3N=CCC=C3N3CCN(c4ccncc4)CC3)ccc21. The highest BCUT2D eigenvalue weighted by Crippen LogP contribution is 2.33. The monoisotopic (exact) mass is 371 g/mol. The van der Waals surface area contributed by atoms with Crippen LogP contribution in [-0.2, 0) is 7.05 Å². The van der Waals surface area contributed by atoms with Crippen LogP contribution >= 0.6 is 0 Å². The minimum Gasteiger partial charge on any atom is -0.369 e. The molecule has 5 nitrogen and oxygen atoms in total. The van der Waals surface area contributed by atoms with E-state index in [9.17, 15) is 0 Å². The fourth-order valence-corrected chi connectivity index (χ4v) is 4.33. The van der Waals surface area contributed by atoms with Crippen molar-refractivity contribution < 1.29 is 0 Å². The molecule has 5 rings (SSSR count). The average Bonchev–Trinajstić information content (AvgIpc) is 3.15. The van der Waals surface area contributed by atoms with Crippen molar-refractivity contribution in [1.29, 1.82) is 0 Å². The van der Waals surface area contributed by atoms with Crippen molar-refractivity contribution in [1.82, 2.24) is 14.5 Å². The number of anilines is 1. The Bertz CT molecular complexity index is 1030. The number of aliphatic imine (C=N–C) groups is 1. The number of hydrogen-bond donors (Lipinski definition) is 0. The lowest BCUT2D eigenvalue weighted by Gasteiger charge is -2.40. The van der Waals surface area contributed by atoms with Crippen molar-refractivity contribution in [3.8, 4) is 0 Å². The maximum atomic E-state index is 4.88. The van der Waals surface area contributed by atoms with Gasteiger partial charge in [0.05, 0.1) is 0 Å². The Morgan fingerprint density at radius 3 is 2.54 bits per heavy atom. The minimum atomic E-state index is 0.103. The van der Waals surface area contributed by atoms with Gasteiger partial charge >= 0.3 is 0 Å². The van der Waals surface area contributed by atoms with Gasteiger partial charge < -0.3 is 14.4 Å². The van der Waals surface area contributed by atoms with Gasteiger partial charge in [0.1, 0.15) is 6.04 Å². The molecule has 1 fully saturated rings. The van der Waals surface area contributed by atoms with Crippen molar-refractivity contribution in [2.24, 2.45) is 12.0 Å². The molecule has 0 N–H and O–H groups in total. The van der Waals surface area contributed by atoms with E-state index in [1.165, 1.54) is 27.9 Å². The fraction of sp³-hybridized carbons (Fsp3) is 0.304. The standard InChI is InChI=1S/C23H25N5/c1-26-12-8-18-17-19(4-5-21(18)26)23-22(3-2-9-25-23)28-15-13-27(14-16-28)20-6-10-24-11-7-20/h3-12,17,23H,2,13-16H2,1H3. The van der Waals surface area contributed by atoms with E-state index in [0.29, 0.717) is 0 Å². The number of piperazine rings is 1. The second-order valence-electron chi connectivity index (χ2n) is 7.52. The molecule has 1 atom stereocenters. The van der Waals surface area contributed by atoms with Crippen LogP contribution in [0.4, 0.5) is 5.69 Å². The Morgan fingerprint density at radius 1 is 0.929 bits per heavy atom. The molecule has 2 aliphatic rings. The zero-order valence-electron chi connectivity index (χ0n) is 16.2. The van der Waals surface area contributed by atoms with E-state index in [4.69, 9.17) is 4.99 Å². The van der Waals surface area contributed by atoms with Crippen LogP contribution in [0.25, 0.3) is 10.9 Å². The predicted molar refractivity (Wildman–Crippen MR) is 115 cm³/mol. The van der Waals surface area contributed by atoms with Gasteiger partial charge in [0, 0.05) is 81.4 Å². The van der Waals surface area contributed by atoms with E-state index in [1.807, 2.05) is 12.4 Å². The molecule has 4 heterocycles. The molecule has 0 radical (unpaired) electrons. The zero-order chi connectivity index (χ0) is 18.9. The van der Waals surface area contributed by atoms with Crippen LogP contribution in [0.3, 0.4) is 0 Å². The summed E-state index contributed by atoms with van der Waals surface area (Å²) in [5.41, 5.74) is 5.15. The van der Waals surface area contributed by atoms with Crippen molar-refractivity contribution in [2.75, 3.05) is 31.1 Å². The highest BCUT2D eigenvalue weighted by atomic mass is 15.3. The molecular formula is C23H25N5. The molecule has 3 aromatic rings. The normalized spacial score (nSPS) is 19.9. The van der Waals surface area contributed by atoms with Crippen LogP contribution in [0.1, 0.15) is 18.0 Å². The molecule has 2 aliphatic heterocycles. The number of fused-ring (bicyclic) bond motifs is 1. The van der Waals surface area contributed by atoms with Gasteiger partial charge in [0.15, 0.2) is 0 Å². The summed E-state index contributed by atoms with van der Waals surface area (Å²) in [6.45, 7) is 4.09. The molecule has 1 unspecified atom stereocenters. The summed E-state index contributed by atoms with van der Waals surface area (Å²) in [6, 6.07) is 13.2. The molecule has 5 heteroatoms. The zero-order valence-corrected chi connectivity index (χ0v) is 16.2. The Labute approximate surface area is 165 Å². The molecule has 0 spiro atoms. The van der Waals surface area contributed by atoms with Crippen molar-refractivity contribution in [2.45, 2.75) is 12.5 Å². The summed E-state index contributed by atoms with van der Waals surface area (Å²) >= 11 is 0. The second-order valence-corrected chi connectivity index (χ2v) is 7.52. The maximum absolute atomic E-state index is 4.88. The van der Waals surface area contributed by atoms with E-state index in [-0.39, 0.29) is 6.04 Å². The average molecular weight is 371 g/mol. The third kappa shape index (κ3) is 3.07. The first-order chi connectivity index (χ1) is 13.8. The lowest BCUT2D eigenvalue weighted by Crippen LogP contribution is -2.46. The summed E-state index contributed by atoms with van der Waals surface area (Å²) in [5, 5.41) is 1.28. The van der Waals surface area contributed by atoms with Crippen LogP contribution in [0.2, 0.25) is 0 Å². The smallest absolute Gasteiger partial charge is 0.114 e. The van der Waals surface area contributed by atoms with Crippen molar-refractivity contribution in [3.05, 3.63) is 72.3 Å². The largest absolute Gasteiger partial charge is 0.369 e. The van der Waals surface area contributed by atoms with Crippen LogP contribution in [0.15, 0.2) is 71.8 Å². The van der Waals surface area contributed by atoms with E-state index in [0.717, 1.165) is 32.6 Å². The molecule has 0 saturated carbocycles. The third-order valence-corrected chi connectivity index (χ3v) is 5.86. The Hall–Kier alpha value is -3.08. The number of dihydropyridines is 1. The third-order valence-electron chi connectivity index (χ3n) is 5.86. The molecule has 1 aromatic carbocycles. The van der Waals surface area contributed by atoms with E-state index in [1.54, 1.807) is 0 Å². The molecular weight excluding hydrogens is 346 g/mol. The van der Waals surface area contributed by atoms with Crippen LogP contribution in [0.5, 0.6) is 0 Å². The summed E-state index contributed by atoms with van der Waals surface area (Å²) in [7, 11) is 2.09. The van der Waals surface area contributed by atoms with Crippen molar-refractivity contribution >= 4 is 22.8 Å². The molecule has 0 amide bonds. The van der Waals surface area contributed by atoms with Gasteiger partial charge in [0.2, 0.25) is 0 Å². The Balaban J connectivity index is 1.36. The number of nitrogens with zero attached hydrogens (tertiary/aromatic N) is 5. The maximum Gasteiger partial charge on any atom is 0.114 e.